The zero-order chi connectivity index (χ0) is 19.8. The quantitative estimate of drug-likeness (QED) is 0.366. The number of imidazole rings is 1. The van der Waals surface area contributed by atoms with Crippen molar-refractivity contribution in [1.82, 2.24) is 9.55 Å². The SMILES string of the molecule is CC(C)(Cc1c(F)ccc(F)c1F)c1ncc(C=O)n1-c1ccc(F)cc1. The number of hydrogen-bond acceptors (Lipinski definition) is 2. The molecular weight excluding hydrogens is 360 g/mol. The van der Waals surface area contributed by atoms with E-state index in [4.69, 9.17) is 0 Å². The summed E-state index contributed by atoms with van der Waals surface area (Å²) in [6.45, 7) is 3.35. The second-order valence-electron chi connectivity index (χ2n) is 6.82. The van der Waals surface area contributed by atoms with Gasteiger partial charge in [0.05, 0.1) is 6.20 Å². The van der Waals surface area contributed by atoms with Crippen LogP contribution in [0.4, 0.5) is 17.6 Å². The molecule has 3 nitrogen and oxygen atoms in total. The Morgan fingerprint density at radius 3 is 2.26 bits per heavy atom. The van der Waals surface area contributed by atoms with E-state index >= 15 is 0 Å². The molecule has 3 aromatic rings. The molecule has 7 heteroatoms. The normalized spacial score (nSPS) is 11.6. The lowest BCUT2D eigenvalue weighted by Crippen LogP contribution is -2.27. The summed E-state index contributed by atoms with van der Waals surface area (Å²) in [7, 11) is 0. The van der Waals surface area contributed by atoms with E-state index in [1.165, 1.54) is 35.0 Å². The Morgan fingerprint density at radius 2 is 1.63 bits per heavy atom. The Hall–Kier alpha value is -2.96. The molecule has 0 atom stereocenters. The van der Waals surface area contributed by atoms with Gasteiger partial charge in [-0.1, -0.05) is 13.8 Å². The number of carbonyl (C=O) groups is 1. The molecule has 0 aliphatic heterocycles. The molecule has 1 heterocycles. The fraction of sp³-hybridized carbons (Fsp3) is 0.200. The number of rotatable bonds is 5. The van der Waals surface area contributed by atoms with Crippen LogP contribution >= 0.6 is 0 Å². The first-order chi connectivity index (χ1) is 12.7. The topological polar surface area (TPSA) is 34.9 Å². The molecule has 140 valence electrons. The van der Waals surface area contributed by atoms with E-state index in [9.17, 15) is 22.4 Å². The van der Waals surface area contributed by atoms with E-state index in [1.807, 2.05) is 0 Å². The van der Waals surface area contributed by atoms with Crippen LogP contribution in [0.5, 0.6) is 0 Å². The van der Waals surface area contributed by atoms with Gasteiger partial charge in [-0.2, -0.15) is 0 Å². The predicted octanol–water partition coefficient (Wildman–Crippen LogP) is 4.76. The molecule has 0 saturated carbocycles. The molecule has 0 N–H and O–H groups in total. The van der Waals surface area contributed by atoms with Gasteiger partial charge < -0.3 is 0 Å². The minimum Gasteiger partial charge on any atom is -0.296 e. The molecule has 0 aliphatic rings. The number of nitrogens with zero attached hydrogens (tertiary/aromatic N) is 2. The molecule has 3 rings (SSSR count). The van der Waals surface area contributed by atoms with Crippen molar-refractivity contribution in [1.29, 1.82) is 0 Å². The summed E-state index contributed by atoms with van der Waals surface area (Å²) >= 11 is 0. The van der Waals surface area contributed by atoms with Crippen LogP contribution in [0, 0.1) is 23.3 Å². The Bertz CT molecular complexity index is 994. The van der Waals surface area contributed by atoms with Gasteiger partial charge in [0.25, 0.3) is 0 Å². The fourth-order valence-electron chi connectivity index (χ4n) is 3.04. The molecule has 0 fully saturated rings. The van der Waals surface area contributed by atoms with Crippen LogP contribution in [0.2, 0.25) is 0 Å². The van der Waals surface area contributed by atoms with Crippen LogP contribution in [-0.4, -0.2) is 15.8 Å². The maximum absolute atomic E-state index is 14.1. The van der Waals surface area contributed by atoms with Crippen molar-refractivity contribution in [3.63, 3.8) is 0 Å². The van der Waals surface area contributed by atoms with Crippen molar-refractivity contribution in [3.8, 4) is 5.69 Å². The highest BCUT2D eigenvalue weighted by Gasteiger charge is 2.31. The van der Waals surface area contributed by atoms with Crippen molar-refractivity contribution in [2.45, 2.75) is 25.7 Å². The van der Waals surface area contributed by atoms with Crippen LogP contribution in [0.15, 0.2) is 42.6 Å². The summed E-state index contributed by atoms with van der Waals surface area (Å²) in [4.78, 5) is 15.6. The number of hydrogen-bond donors (Lipinski definition) is 0. The molecule has 1 aromatic heterocycles. The molecule has 2 aromatic carbocycles. The van der Waals surface area contributed by atoms with E-state index < -0.39 is 34.2 Å². The third-order valence-electron chi connectivity index (χ3n) is 4.36. The van der Waals surface area contributed by atoms with Crippen LogP contribution < -0.4 is 0 Å². The second kappa shape index (κ2) is 6.98. The smallest absolute Gasteiger partial charge is 0.168 e. The van der Waals surface area contributed by atoms with E-state index in [2.05, 4.69) is 4.98 Å². The largest absolute Gasteiger partial charge is 0.296 e. The van der Waals surface area contributed by atoms with Gasteiger partial charge >= 0.3 is 0 Å². The summed E-state index contributed by atoms with van der Waals surface area (Å²) in [5, 5.41) is 0. The van der Waals surface area contributed by atoms with Gasteiger partial charge in [-0.15, -0.1) is 0 Å². The highest BCUT2D eigenvalue weighted by molar-refractivity contribution is 5.73. The van der Waals surface area contributed by atoms with Crippen LogP contribution in [-0.2, 0) is 11.8 Å². The molecule has 0 unspecified atom stereocenters. The van der Waals surface area contributed by atoms with Crippen molar-refractivity contribution >= 4 is 6.29 Å². The van der Waals surface area contributed by atoms with Crippen molar-refractivity contribution in [3.05, 3.63) is 82.9 Å². The van der Waals surface area contributed by atoms with Gasteiger partial charge in [-0.05, 0) is 42.8 Å². The van der Waals surface area contributed by atoms with Crippen molar-refractivity contribution in [2.24, 2.45) is 0 Å². The van der Waals surface area contributed by atoms with Crippen LogP contribution in [0.3, 0.4) is 0 Å². The van der Waals surface area contributed by atoms with Gasteiger partial charge in [0.15, 0.2) is 17.9 Å². The lowest BCUT2D eigenvalue weighted by atomic mass is 9.84. The highest BCUT2D eigenvalue weighted by Crippen LogP contribution is 2.32. The monoisotopic (exact) mass is 376 g/mol. The molecule has 0 spiro atoms. The number of aromatic nitrogens is 2. The third kappa shape index (κ3) is 3.49. The molecule has 27 heavy (non-hydrogen) atoms. The number of carbonyl (C=O) groups excluding carboxylic acids is 1. The van der Waals surface area contributed by atoms with Crippen LogP contribution in [0.25, 0.3) is 5.69 Å². The fourth-order valence-corrected chi connectivity index (χ4v) is 3.04. The maximum atomic E-state index is 14.1. The molecular formula is C20H16F4N2O. The standard InChI is InChI=1S/C20H16F4N2O/c1-20(2,9-15-16(22)7-8-17(23)18(15)24)19-25-10-14(11-27)26(19)13-5-3-12(21)4-6-13/h3-8,10-11H,9H2,1-2H3. The Kier molecular flexibility index (Phi) is 4.87. The molecule has 0 aliphatic carbocycles. The predicted molar refractivity (Wildman–Crippen MR) is 92.0 cm³/mol. The van der Waals surface area contributed by atoms with Gasteiger partial charge in [-0.25, -0.2) is 22.5 Å². The summed E-state index contributed by atoms with van der Waals surface area (Å²) in [5.74, 6) is -3.37. The second-order valence-corrected chi connectivity index (χ2v) is 6.82. The van der Waals surface area contributed by atoms with E-state index in [0.717, 1.165) is 12.1 Å². The average molecular weight is 376 g/mol. The minimum atomic E-state index is -1.25. The van der Waals surface area contributed by atoms with E-state index in [-0.39, 0.29) is 12.1 Å². The highest BCUT2D eigenvalue weighted by atomic mass is 19.2. The molecule has 0 radical (unpaired) electrons. The maximum Gasteiger partial charge on any atom is 0.168 e. The first-order valence-corrected chi connectivity index (χ1v) is 8.16. The summed E-state index contributed by atoms with van der Waals surface area (Å²) in [6, 6.07) is 6.98. The first-order valence-electron chi connectivity index (χ1n) is 8.16. The van der Waals surface area contributed by atoms with Crippen molar-refractivity contribution in [2.75, 3.05) is 0 Å². The zero-order valence-electron chi connectivity index (χ0n) is 14.6. The summed E-state index contributed by atoms with van der Waals surface area (Å²) in [5.41, 5.74) is -0.698. The number of halogens is 4. The number of benzene rings is 2. The summed E-state index contributed by atoms with van der Waals surface area (Å²) in [6.07, 6.45) is 1.71. The lowest BCUT2D eigenvalue weighted by molar-refractivity contribution is 0.111. The van der Waals surface area contributed by atoms with Gasteiger partial charge in [0.2, 0.25) is 0 Å². The van der Waals surface area contributed by atoms with Gasteiger partial charge in [0.1, 0.15) is 23.2 Å². The minimum absolute atomic E-state index is 0.196. The molecule has 0 amide bonds. The van der Waals surface area contributed by atoms with Gasteiger partial charge in [-0.3, -0.25) is 9.36 Å². The summed E-state index contributed by atoms with van der Waals surface area (Å²) < 4.78 is 56.5. The average Bonchev–Trinajstić information content (AvgIpc) is 3.08. The molecule has 0 bridgehead atoms. The van der Waals surface area contributed by atoms with E-state index in [1.54, 1.807) is 13.8 Å². The van der Waals surface area contributed by atoms with Crippen LogP contribution in [0.1, 0.15) is 35.7 Å². The molecule has 0 saturated heterocycles. The Balaban J connectivity index is 2.11. The first kappa shape index (κ1) is 18.8. The van der Waals surface area contributed by atoms with E-state index in [0.29, 0.717) is 17.8 Å². The zero-order valence-corrected chi connectivity index (χ0v) is 14.6. The van der Waals surface area contributed by atoms with Crippen molar-refractivity contribution < 1.29 is 22.4 Å². The Morgan fingerprint density at radius 1 is 1.00 bits per heavy atom. The Labute approximate surface area is 153 Å². The van der Waals surface area contributed by atoms with Gasteiger partial charge in [0, 0.05) is 16.7 Å². The number of aldehydes is 1. The third-order valence-corrected chi connectivity index (χ3v) is 4.36. The lowest BCUT2D eigenvalue weighted by Gasteiger charge is -2.26.